The maximum absolute atomic E-state index is 13.3. The zero-order chi connectivity index (χ0) is 19.8. The summed E-state index contributed by atoms with van der Waals surface area (Å²) in [6, 6.07) is 20.2. The molecule has 0 saturated carbocycles. The number of amides is 1. The molecule has 0 fully saturated rings. The number of nitrogens with zero attached hydrogens (tertiary/aromatic N) is 4. The summed E-state index contributed by atoms with van der Waals surface area (Å²) in [5.41, 5.74) is 5.47. The average molecular weight is 401 g/mol. The maximum Gasteiger partial charge on any atom is 0.265 e. The maximum atomic E-state index is 13.3. The second-order valence-electron chi connectivity index (χ2n) is 7.33. The van der Waals surface area contributed by atoms with Gasteiger partial charge in [0.2, 0.25) is 0 Å². The lowest BCUT2D eigenvalue weighted by atomic mass is 9.86. The molecular weight excluding hydrogens is 380 g/mol. The number of aromatic nitrogens is 3. The van der Waals surface area contributed by atoms with Crippen molar-refractivity contribution < 1.29 is 4.79 Å². The molecule has 1 unspecified atom stereocenters. The Morgan fingerprint density at radius 1 is 1.10 bits per heavy atom. The molecule has 29 heavy (non-hydrogen) atoms. The number of hydrogen-bond acceptors (Lipinski definition) is 4. The van der Waals surface area contributed by atoms with E-state index >= 15 is 0 Å². The Balaban J connectivity index is 1.46. The van der Waals surface area contributed by atoms with Gasteiger partial charge in [-0.1, -0.05) is 54.6 Å². The van der Waals surface area contributed by atoms with Crippen molar-refractivity contribution in [2.75, 3.05) is 6.54 Å². The third-order valence-electron chi connectivity index (χ3n) is 5.40. The number of carbonyl (C=O) groups is 1. The van der Waals surface area contributed by atoms with Crippen LogP contribution in [-0.2, 0) is 13.6 Å². The lowest BCUT2D eigenvalue weighted by molar-refractivity contribution is 0.0730. The molecule has 2 aromatic heterocycles. The zero-order valence-electron chi connectivity index (χ0n) is 16.0. The van der Waals surface area contributed by atoms with E-state index < -0.39 is 0 Å². The molecule has 6 heteroatoms. The summed E-state index contributed by atoms with van der Waals surface area (Å²) < 4.78 is 6.32. The molecule has 0 spiro atoms. The summed E-state index contributed by atoms with van der Waals surface area (Å²) >= 11 is 1.27. The van der Waals surface area contributed by atoms with Crippen LogP contribution in [0, 0.1) is 0 Å². The normalized spacial score (nSPS) is 15.9. The van der Waals surface area contributed by atoms with Crippen LogP contribution >= 0.6 is 11.5 Å². The van der Waals surface area contributed by atoms with Crippen molar-refractivity contribution in [3.8, 4) is 11.3 Å². The molecule has 0 saturated heterocycles. The van der Waals surface area contributed by atoms with Gasteiger partial charge >= 0.3 is 0 Å². The molecule has 3 heterocycles. The first-order chi connectivity index (χ1) is 14.2. The van der Waals surface area contributed by atoms with Gasteiger partial charge in [-0.25, -0.2) is 0 Å². The molecule has 2 aromatic carbocycles. The molecule has 5 rings (SSSR count). The van der Waals surface area contributed by atoms with Gasteiger partial charge in [0.25, 0.3) is 5.91 Å². The Morgan fingerprint density at radius 2 is 1.90 bits per heavy atom. The van der Waals surface area contributed by atoms with Crippen LogP contribution in [0.15, 0.2) is 73.1 Å². The van der Waals surface area contributed by atoms with Crippen molar-refractivity contribution in [3.05, 3.63) is 94.6 Å². The Labute approximate surface area is 173 Å². The van der Waals surface area contributed by atoms with Crippen LogP contribution in [0.5, 0.6) is 0 Å². The fraction of sp³-hybridized carbons (Fsp3) is 0.174. The highest BCUT2D eigenvalue weighted by atomic mass is 32.1. The first-order valence-corrected chi connectivity index (χ1v) is 10.3. The molecule has 0 radical (unpaired) electrons. The number of benzene rings is 2. The van der Waals surface area contributed by atoms with E-state index in [1.165, 1.54) is 22.7 Å². The van der Waals surface area contributed by atoms with E-state index in [-0.39, 0.29) is 11.8 Å². The Morgan fingerprint density at radius 3 is 2.69 bits per heavy atom. The van der Waals surface area contributed by atoms with Crippen LogP contribution in [-0.4, -0.2) is 31.5 Å². The quantitative estimate of drug-likeness (QED) is 0.514. The summed E-state index contributed by atoms with van der Waals surface area (Å²) in [6.07, 6.45) is 3.94. The molecule has 1 aliphatic rings. The lowest BCUT2D eigenvalue weighted by Gasteiger charge is -2.34. The van der Waals surface area contributed by atoms with Crippen molar-refractivity contribution in [1.29, 1.82) is 0 Å². The van der Waals surface area contributed by atoms with Crippen LogP contribution in [0.4, 0.5) is 0 Å². The number of rotatable bonds is 3. The number of aryl methyl sites for hydroxylation is 1. The molecule has 1 aliphatic heterocycles. The highest BCUT2D eigenvalue weighted by Gasteiger charge is 2.31. The van der Waals surface area contributed by atoms with Gasteiger partial charge in [-0.15, -0.1) is 0 Å². The predicted molar refractivity (Wildman–Crippen MR) is 114 cm³/mol. The molecular formula is C23H20N4OS. The van der Waals surface area contributed by atoms with E-state index in [0.29, 0.717) is 18.0 Å². The highest BCUT2D eigenvalue weighted by molar-refractivity contribution is 7.08. The van der Waals surface area contributed by atoms with Crippen LogP contribution < -0.4 is 0 Å². The summed E-state index contributed by atoms with van der Waals surface area (Å²) in [7, 11) is 1.92. The monoisotopic (exact) mass is 400 g/mol. The first-order valence-electron chi connectivity index (χ1n) is 9.57. The lowest BCUT2D eigenvalue weighted by Crippen LogP contribution is -2.38. The smallest absolute Gasteiger partial charge is 0.265 e. The van der Waals surface area contributed by atoms with Gasteiger partial charge < -0.3 is 4.90 Å². The fourth-order valence-electron chi connectivity index (χ4n) is 3.94. The second-order valence-corrected chi connectivity index (χ2v) is 8.13. The van der Waals surface area contributed by atoms with Crippen molar-refractivity contribution in [3.63, 3.8) is 0 Å². The minimum Gasteiger partial charge on any atom is -0.333 e. The van der Waals surface area contributed by atoms with Gasteiger partial charge in [0.05, 0.1) is 11.9 Å². The van der Waals surface area contributed by atoms with Gasteiger partial charge in [-0.3, -0.25) is 9.48 Å². The van der Waals surface area contributed by atoms with Crippen LogP contribution in [0.1, 0.15) is 32.3 Å². The van der Waals surface area contributed by atoms with E-state index in [4.69, 9.17) is 0 Å². The molecule has 0 bridgehead atoms. The third-order valence-corrected chi connectivity index (χ3v) is 6.18. The third kappa shape index (κ3) is 3.36. The minimum absolute atomic E-state index is 0.0353. The van der Waals surface area contributed by atoms with Gasteiger partial charge in [0.15, 0.2) is 0 Å². The zero-order valence-corrected chi connectivity index (χ0v) is 16.8. The van der Waals surface area contributed by atoms with Crippen LogP contribution in [0.2, 0.25) is 0 Å². The predicted octanol–water partition coefficient (Wildman–Crippen LogP) is 4.33. The van der Waals surface area contributed by atoms with E-state index in [0.717, 1.165) is 16.8 Å². The van der Waals surface area contributed by atoms with Crippen molar-refractivity contribution >= 4 is 17.4 Å². The Kier molecular flexibility index (Phi) is 4.48. The largest absolute Gasteiger partial charge is 0.333 e. The SMILES string of the molecule is Cn1cc(C2CN(C(=O)c3cc(-c4ccccc4)ns3)Cc3ccccc32)cn1. The van der Waals surface area contributed by atoms with Crippen molar-refractivity contribution in [2.45, 2.75) is 12.5 Å². The highest BCUT2D eigenvalue weighted by Crippen LogP contribution is 2.34. The van der Waals surface area contributed by atoms with Crippen molar-refractivity contribution in [2.24, 2.45) is 7.05 Å². The van der Waals surface area contributed by atoms with Crippen LogP contribution in [0.3, 0.4) is 0 Å². The molecule has 1 amide bonds. The Bertz CT molecular complexity index is 1160. The number of carbonyl (C=O) groups excluding carboxylic acids is 1. The van der Waals surface area contributed by atoms with Gasteiger partial charge in [0, 0.05) is 37.8 Å². The van der Waals surface area contributed by atoms with E-state index in [9.17, 15) is 4.79 Å². The average Bonchev–Trinajstić information content (AvgIpc) is 3.42. The van der Waals surface area contributed by atoms with Gasteiger partial charge in [0.1, 0.15) is 4.88 Å². The number of hydrogen-bond donors (Lipinski definition) is 0. The fourth-order valence-corrected chi connectivity index (χ4v) is 4.67. The number of fused-ring (bicyclic) bond motifs is 1. The summed E-state index contributed by atoms with van der Waals surface area (Å²) in [5.74, 6) is 0.159. The summed E-state index contributed by atoms with van der Waals surface area (Å²) in [4.78, 5) is 15.9. The van der Waals surface area contributed by atoms with E-state index in [2.05, 4.69) is 27.7 Å². The topological polar surface area (TPSA) is 51.0 Å². The van der Waals surface area contributed by atoms with Crippen molar-refractivity contribution in [1.82, 2.24) is 19.1 Å². The molecule has 0 N–H and O–H groups in total. The van der Waals surface area contributed by atoms with Gasteiger partial charge in [-0.05, 0) is 34.3 Å². The van der Waals surface area contributed by atoms with E-state index in [1.807, 2.05) is 71.5 Å². The molecule has 0 aliphatic carbocycles. The van der Waals surface area contributed by atoms with Gasteiger partial charge in [-0.2, -0.15) is 9.47 Å². The molecule has 144 valence electrons. The first kappa shape index (κ1) is 17.8. The summed E-state index contributed by atoms with van der Waals surface area (Å²) in [6.45, 7) is 1.25. The minimum atomic E-state index is 0.0353. The second kappa shape index (κ2) is 7.29. The standard InChI is InChI=1S/C23H20N4OS/c1-26-13-18(12-24-26)20-15-27(14-17-9-5-6-10-19(17)20)23(28)22-11-21(25-29-22)16-7-3-2-4-8-16/h2-13,20H,14-15H2,1H3. The molecule has 1 atom stereocenters. The Hall–Kier alpha value is -3.25. The summed E-state index contributed by atoms with van der Waals surface area (Å²) in [5, 5.41) is 4.33. The molecule has 4 aromatic rings. The van der Waals surface area contributed by atoms with E-state index in [1.54, 1.807) is 0 Å². The van der Waals surface area contributed by atoms with Crippen LogP contribution in [0.25, 0.3) is 11.3 Å². The molecule has 5 nitrogen and oxygen atoms in total.